The Hall–Kier alpha value is -2.63. The molecule has 1 aliphatic carbocycles. The van der Waals surface area contributed by atoms with Gasteiger partial charge in [-0.25, -0.2) is 0 Å². The van der Waals surface area contributed by atoms with Gasteiger partial charge in [-0.3, -0.25) is 14.4 Å². The molecular weight excluding hydrogens is 320 g/mol. The molecule has 0 saturated carbocycles. The summed E-state index contributed by atoms with van der Waals surface area (Å²) in [6, 6.07) is 6.71. The number of carbonyl (C=O) groups is 3. The van der Waals surface area contributed by atoms with Crippen molar-refractivity contribution in [2.24, 2.45) is 11.8 Å². The summed E-state index contributed by atoms with van der Waals surface area (Å²) in [5.41, 5.74) is 0.327. The molecular formula is C19H24N2O4. The molecule has 0 heterocycles. The van der Waals surface area contributed by atoms with E-state index in [1.807, 2.05) is 26.8 Å². The summed E-state index contributed by atoms with van der Waals surface area (Å²) >= 11 is 0. The number of nitrogens with one attached hydrogen (secondary N) is 2. The molecule has 0 aliphatic heterocycles. The van der Waals surface area contributed by atoms with Crippen LogP contribution in [0.3, 0.4) is 0 Å². The Balaban J connectivity index is 2.20. The van der Waals surface area contributed by atoms with Gasteiger partial charge in [0.15, 0.2) is 0 Å². The molecule has 0 spiro atoms. The molecule has 0 aromatic heterocycles. The minimum absolute atomic E-state index is 0.290. The first-order chi connectivity index (χ1) is 11.7. The third-order valence-corrected chi connectivity index (χ3v) is 4.00. The lowest BCUT2D eigenvalue weighted by Crippen LogP contribution is -2.41. The van der Waals surface area contributed by atoms with E-state index < -0.39 is 23.3 Å². The zero-order valence-corrected chi connectivity index (χ0v) is 14.7. The third kappa shape index (κ3) is 4.92. The van der Waals surface area contributed by atoms with Crippen molar-refractivity contribution in [1.29, 1.82) is 0 Å². The number of allylic oxidation sites excluding steroid dienone is 2. The van der Waals surface area contributed by atoms with Crippen molar-refractivity contribution in [2.45, 2.75) is 39.2 Å². The van der Waals surface area contributed by atoms with Crippen LogP contribution in [0.15, 0.2) is 36.4 Å². The summed E-state index contributed by atoms with van der Waals surface area (Å²) in [7, 11) is 0. The van der Waals surface area contributed by atoms with Crippen molar-refractivity contribution in [1.82, 2.24) is 5.32 Å². The van der Waals surface area contributed by atoms with Crippen LogP contribution in [0.5, 0.6) is 0 Å². The molecule has 0 bridgehead atoms. The van der Waals surface area contributed by atoms with Crippen LogP contribution < -0.4 is 10.6 Å². The first-order valence-corrected chi connectivity index (χ1v) is 8.29. The van der Waals surface area contributed by atoms with Crippen LogP contribution in [0.25, 0.3) is 0 Å². The number of carboxylic acids is 1. The molecule has 1 aromatic rings. The molecule has 6 heteroatoms. The molecule has 0 saturated heterocycles. The molecule has 3 N–H and O–H groups in total. The Morgan fingerprint density at radius 2 is 1.64 bits per heavy atom. The lowest BCUT2D eigenvalue weighted by Gasteiger charge is -2.25. The lowest BCUT2D eigenvalue weighted by molar-refractivity contribution is -0.146. The third-order valence-electron chi connectivity index (χ3n) is 4.00. The van der Waals surface area contributed by atoms with Gasteiger partial charge in [-0.1, -0.05) is 24.3 Å². The van der Waals surface area contributed by atoms with E-state index in [2.05, 4.69) is 10.6 Å². The number of carboxylic acid groups (broad SMARTS) is 1. The highest BCUT2D eigenvalue weighted by molar-refractivity contribution is 6.05. The van der Waals surface area contributed by atoms with Crippen LogP contribution in [0.2, 0.25) is 0 Å². The second-order valence-corrected chi connectivity index (χ2v) is 7.23. The fourth-order valence-electron chi connectivity index (χ4n) is 2.80. The van der Waals surface area contributed by atoms with Crippen molar-refractivity contribution in [2.75, 3.05) is 5.32 Å². The molecule has 25 heavy (non-hydrogen) atoms. The predicted octanol–water partition coefficient (Wildman–Crippen LogP) is 2.82. The molecule has 1 aromatic carbocycles. The van der Waals surface area contributed by atoms with Crippen molar-refractivity contribution in [3.8, 4) is 0 Å². The number of rotatable bonds is 4. The van der Waals surface area contributed by atoms with Crippen LogP contribution in [-0.4, -0.2) is 28.4 Å². The number of para-hydroxylation sites is 1. The van der Waals surface area contributed by atoms with E-state index in [1.54, 1.807) is 30.3 Å². The van der Waals surface area contributed by atoms with E-state index in [9.17, 15) is 19.5 Å². The van der Waals surface area contributed by atoms with Crippen molar-refractivity contribution in [3.05, 3.63) is 42.0 Å². The predicted molar refractivity (Wildman–Crippen MR) is 95.3 cm³/mol. The Labute approximate surface area is 147 Å². The summed E-state index contributed by atoms with van der Waals surface area (Å²) in [5.74, 6) is -3.06. The standard InChI is InChI=1S/C19H24N2O4/c1-19(2,3)21-17(23)14-10-6-7-11-15(14)20-16(22)12-8-4-5-9-13(12)18(24)25/h4-7,10-13H,8-9H2,1-3H3,(H,20,22)(H,21,23)(H,24,25)/t12-,13-/m0/s1. The van der Waals surface area contributed by atoms with E-state index in [0.29, 0.717) is 24.1 Å². The van der Waals surface area contributed by atoms with Gasteiger partial charge < -0.3 is 15.7 Å². The number of aliphatic carboxylic acids is 1. The normalized spacial score (nSPS) is 20.0. The van der Waals surface area contributed by atoms with E-state index in [4.69, 9.17) is 0 Å². The number of hydrogen-bond donors (Lipinski definition) is 3. The molecule has 2 atom stereocenters. The van der Waals surface area contributed by atoms with Gasteiger partial charge in [0.25, 0.3) is 5.91 Å². The van der Waals surface area contributed by atoms with Crippen molar-refractivity contribution in [3.63, 3.8) is 0 Å². The van der Waals surface area contributed by atoms with E-state index >= 15 is 0 Å². The van der Waals surface area contributed by atoms with Crippen LogP contribution in [0.1, 0.15) is 44.0 Å². The zero-order chi connectivity index (χ0) is 18.6. The number of amides is 2. The number of carbonyl (C=O) groups excluding carboxylic acids is 2. The molecule has 2 amide bonds. The highest BCUT2D eigenvalue weighted by Crippen LogP contribution is 2.28. The zero-order valence-electron chi connectivity index (χ0n) is 14.7. The van der Waals surface area contributed by atoms with Gasteiger partial charge >= 0.3 is 5.97 Å². The quantitative estimate of drug-likeness (QED) is 0.732. The van der Waals surface area contributed by atoms with Gasteiger partial charge in [0, 0.05) is 5.54 Å². The second-order valence-electron chi connectivity index (χ2n) is 7.23. The summed E-state index contributed by atoms with van der Waals surface area (Å²) in [6.45, 7) is 5.62. The van der Waals surface area contributed by atoms with Gasteiger partial charge in [-0.05, 0) is 45.7 Å². The second kappa shape index (κ2) is 7.51. The Morgan fingerprint density at radius 1 is 1.04 bits per heavy atom. The SMILES string of the molecule is CC(C)(C)NC(=O)c1ccccc1NC(=O)[C@H]1CC=CC[C@@H]1C(=O)O. The first kappa shape index (κ1) is 18.7. The highest BCUT2D eigenvalue weighted by Gasteiger charge is 2.34. The van der Waals surface area contributed by atoms with Gasteiger partial charge in [0.2, 0.25) is 5.91 Å². The number of anilines is 1. The van der Waals surface area contributed by atoms with Crippen LogP contribution in [0, 0.1) is 11.8 Å². The van der Waals surface area contributed by atoms with Crippen molar-refractivity contribution >= 4 is 23.5 Å². The summed E-state index contributed by atoms with van der Waals surface area (Å²) in [6.07, 6.45) is 4.31. The molecule has 2 rings (SSSR count). The maximum atomic E-state index is 12.6. The van der Waals surface area contributed by atoms with E-state index in [-0.39, 0.29) is 11.8 Å². The summed E-state index contributed by atoms with van der Waals surface area (Å²) in [4.78, 5) is 36.4. The summed E-state index contributed by atoms with van der Waals surface area (Å²) < 4.78 is 0. The average Bonchev–Trinajstić information content (AvgIpc) is 2.53. The van der Waals surface area contributed by atoms with Crippen LogP contribution in [0.4, 0.5) is 5.69 Å². The lowest BCUT2D eigenvalue weighted by atomic mass is 9.82. The minimum atomic E-state index is -0.983. The van der Waals surface area contributed by atoms with E-state index in [0.717, 1.165) is 0 Å². The monoisotopic (exact) mass is 344 g/mol. The first-order valence-electron chi connectivity index (χ1n) is 8.29. The topological polar surface area (TPSA) is 95.5 Å². The number of benzene rings is 1. The van der Waals surface area contributed by atoms with Gasteiger partial charge in [-0.2, -0.15) is 0 Å². The molecule has 1 aliphatic rings. The molecule has 134 valence electrons. The highest BCUT2D eigenvalue weighted by atomic mass is 16.4. The fraction of sp³-hybridized carbons (Fsp3) is 0.421. The number of hydrogen-bond acceptors (Lipinski definition) is 3. The Morgan fingerprint density at radius 3 is 2.24 bits per heavy atom. The molecule has 0 radical (unpaired) electrons. The molecule has 0 fully saturated rings. The van der Waals surface area contributed by atoms with Gasteiger partial charge in [-0.15, -0.1) is 0 Å². The summed E-state index contributed by atoms with van der Waals surface area (Å²) in [5, 5.41) is 14.9. The van der Waals surface area contributed by atoms with E-state index in [1.165, 1.54) is 0 Å². The largest absolute Gasteiger partial charge is 0.481 e. The Kier molecular flexibility index (Phi) is 5.62. The molecule has 6 nitrogen and oxygen atoms in total. The maximum absolute atomic E-state index is 12.6. The van der Waals surface area contributed by atoms with Crippen molar-refractivity contribution < 1.29 is 19.5 Å². The maximum Gasteiger partial charge on any atom is 0.307 e. The average molecular weight is 344 g/mol. The molecule has 0 unspecified atom stereocenters. The van der Waals surface area contributed by atoms with Crippen LogP contribution in [-0.2, 0) is 9.59 Å². The fourth-order valence-corrected chi connectivity index (χ4v) is 2.80. The Bertz CT molecular complexity index is 704. The van der Waals surface area contributed by atoms with Gasteiger partial charge in [0.1, 0.15) is 0 Å². The van der Waals surface area contributed by atoms with Crippen LogP contribution >= 0.6 is 0 Å². The van der Waals surface area contributed by atoms with Gasteiger partial charge in [0.05, 0.1) is 23.1 Å². The smallest absolute Gasteiger partial charge is 0.307 e. The minimum Gasteiger partial charge on any atom is -0.481 e.